The largest absolute Gasteiger partial charge is 0.496 e. The maximum absolute atomic E-state index is 5.47. The molecule has 1 atom stereocenters. The smallest absolute Gasteiger partial charge is 0.122 e. The van der Waals surface area contributed by atoms with Crippen molar-refractivity contribution in [1.82, 2.24) is 10.3 Å². The van der Waals surface area contributed by atoms with E-state index in [0.29, 0.717) is 6.04 Å². The molecule has 2 rings (SSSR count). The fourth-order valence-corrected chi connectivity index (χ4v) is 2.86. The average molecular weight is 349 g/mol. The van der Waals surface area contributed by atoms with E-state index in [1.165, 1.54) is 5.56 Å². The van der Waals surface area contributed by atoms with Crippen molar-refractivity contribution < 1.29 is 4.74 Å². The molecule has 21 heavy (non-hydrogen) atoms. The molecule has 0 radical (unpaired) electrons. The first kappa shape index (κ1) is 16.0. The standard InChI is InChI=1S/C17H21BrN2O/c1-3-19-16(12-15-6-4-5-9-20-15)11-13-10-14(18)7-8-17(13)21-2/h4-10,16,19H,3,11-12H2,1-2H3. The minimum atomic E-state index is 0.341. The van der Waals surface area contributed by atoms with Gasteiger partial charge in [0.1, 0.15) is 5.75 Å². The second-order valence-corrected chi connectivity index (χ2v) is 5.86. The number of hydrogen-bond acceptors (Lipinski definition) is 3. The zero-order chi connectivity index (χ0) is 15.1. The van der Waals surface area contributed by atoms with Crippen LogP contribution in [0.4, 0.5) is 0 Å². The third-order valence-electron chi connectivity index (χ3n) is 3.38. The Bertz CT molecular complexity index is 560. The summed E-state index contributed by atoms with van der Waals surface area (Å²) >= 11 is 3.53. The molecule has 2 aromatic rings. The maximum atomic E-state index is 5.47. The summed E-state index contributed by atoms with van der Waals surface area (Å²) < 4.78 is 6.54. The summed E-state index contributed by atoms with van der Waals surface area (Å²) in [7, 11) is 1.72. The lowest BCUT2D eigenvalue weighted by molar-refractivity contribution is 0.404. The van der Waals surface area contributed by atoms with Gasteiger partial charge < -0.3 is 10.1 Å². The zero-order valence-electron chi connectivity index (χ0n) is 12.5. The minimum Gasteiger partial charge on any atom is -0.496 e. The Kier molecular flexibility index (Phi) is 6.21. The maximum Gasteiger partial charge on any atom is 0.122 e. The van der Waals surface area contributed by atoms with Crippen LogP contribution in [0.3, 0.4) is 0 Å². The van der Waals surface area contributed by atoms with Crippen molar-refractivity contribution in [3.63, 3.8) is 0 Å². The molecule has 0 saturated heterocycles. The van der Waals surface area contributed by atoms with Crippen molar-refractivity contribution >= 4 is 15.9 Å². The van der Waals surface area contributed by atoms with Gasteiger partial charge in [0.05, 0.1) is 7.11 Å². The first-order valence-corrected chi connectivity index (χ1v) is 7.98. The number of halogens is 1. The first-order chi connectivity index (χ1) is 10.2. The Morgan fingerprint density at radius 2 is 2.10 bits per heavy atom. The van der Waals surface area contributed by atoms with E-state index in [2.05, 4.69) is 45.3 Å². The minimum absolute atomic E-state index is 0.341. The van der Waals surface area contributed by atoms with Gasteiger partial charge >= 0.3 is 0 Å². The summed E-state index contributed by atoms with van der Waals surface area (Å²) in [4.78, 5) is 4.42. The molecule has 1 aromatic carbocycles. The number of pyridine rings is 1. The molecule has 1 N–H and O–H groups in total. The number of ether oxygens (including phenoxy) is 1. The van der Waals surface area contributed by atoms with Crippen LogP contribution in [-0.4, -0.2) is 24.7 Å². The second-order valence-electron chi connectivity index (χ2n) is 4.94. The summed E-state index contributed by atoms with van der Waals surface area (Å²) in [6.45, 7) is 3.07. The van der Waals surface area contributed by atoms with Gasteiger partial charge in [0.15, 0.2) is 0 Å². The number of rotatable bonds is 7. The van der Waals surface area contributed by atoms with Crippen molar-refractivity contribution in [2.75, 3.05) is 13.7 Å². The van der Waals surface area contributed by atoms with Gasteiger partial charge in [0.25, 0.3) is 0 Å². The summed E-state index contributed by atoms with van der Waals surface area (Å²) in [6.07, 6.45) is 3.66. The monoisotopic (exact) mass is 348 g/mol. The van der Waals surface area contributed by atoms with Crippen LogP contribution < -0.4 is 10.1 Å². The van der Waals surface area contributed by atoms with Crippen molar-refractivity contribution in [1.29, 1.82) is 0 Å². The van der Waals surface area contributed by atoms with Gasteiger partial charge in [-0.2, -0.15) is 0 Å². The van der Waals surface area contributed by atoms with Crippen LogP contribution in [0.1, 0.15) is 18.2 Å². The third kappa shape index (κ3) is 4.83. The number of likely N-dealkylation sites (N-methyl/N-ethyl adjacent to an activating group) is 1. The predicted octanol–water partition coefficient (Wildman–Crippen LogP) is 3.62. The van der Waals surface area contributed by atoms with Crippen LogP contribution >= 0.6 is 15.9 Å². The van der Waals surface area contributed by atoms with Crippen molar-refractivity contribution in [3.8, 4) is 5.75 Å². The molecular formula is C17H21BrN2O. The Morgan fingerprint density at radius 3 is 2.76 bits per heavy atom. The number of methoxy groups -OCH3 is 1. The van der Waals surface area contributed by atoms with E-state index < -0.39 is 0 Å². The molecule has 0 bridgehead atoms. The molecule has 0 fully saturated rings. The zero-order valence-corrected chi connectivity index (χ0v) is 14.1. The van der Waals surface area contributed by atoms with Gasteiger partial charge in [-0.05, 0) is 48.9 Å². The fourth-order valence-electron chi connectivity index (χ4n) is 2.45. The highest BCUT2D eigenvalue weighted by Gasteiger charge is 2.13. The SMILES string of the molecule is CCNC(Cc1ccccn1)Cc1cc(Br)ccc1OC. The molecule has 0 aliphatic heterocycles. The summed E-state index contributed by atoms with van der Waals surface area (Å²) in [5, 5.41) is 3.54. The van der Waals surface area contributed by atoms with Crippen LogP contribution in [0.5, 0.6) is 5.75 Å². The van der Waals surface area contributed by atoms with Gasteiger partial charge in [0.2, 0.25) is 0 Å². The van der Waals surface area contributed by atoms with Crippen LogP contribution in [0, 0.1) is 0 Å². The lowest BCUT2D eigenvalue weighted by Gasteiger charge is -2.19. The molecule has 4 heteroatoms. The highest BCUT2D eigenvalue weighted by molar-refractivity contribution is 9.10. The number of aromatic nitrogens is 1. The molecule has 0 aliphatic carbocycles. The van der Waals surface area contributed by atoms with E-state index in [1.54, 1.807) is 7.11 Å². The Labute approximate surface area is 134 Å². The van der Waals surface area contributed by atoms with Gasteiger partial charge in [-0.15, -0.1) is 0 Å². The molecule has 0 aliphatic rings. The molecule has 0 saturated carbocycles. The summed E-state index contributed by atoms with van der Waals surface area (Å²) in [6, 6.07) is 12.5. The second kappa shape index (κ2) is 8.15. The lowest BCUT2D eigenvalue weighted by atomic mass is 10.0. The molecule has 112 valence electrons. The molecule has 1 heterocycles. The fraction of sp³-hybridized carbons (Fsp3) is 0.353. The predicted molar refractivity (Wildman–Crippen MR) is 89.8 cm³/mol. The first-order valence-electron chi connectivity index (χ1n) is 7.18. The van der Waals surface area contributed by atoms with E-state index in [0.717, 1.165) is 35.3 Å². The van der Waals surface area contributed by atoms with Crippen molar-refractivity contribution in [2.24, 2.45) is 0 Å². The Morgan fingerprint density at radius 1 is 1.24 bits per heavy atom. The van der Waals surface area contributed by atoms with Crippen LogP contribution in [0.2, 0.25) is 0 Å². The van der Waals surface area contributed by atoms with Crippen LogP contribution in [0.15, 0.2) is 47.1 Å². The molecule has 3 nitrogen and oxygen atoms in total. The normalized spacial score (nSPS) is 12.1. The topological polar surface area (TPSA) is 34.2 Å². The highest BCUT2D eigenvalue weighted by atomic mass is 79.9. The molecule has 0 amide bonds. The molecule has 1 aromatic heterocycles. The van der Waals surface area contributed by atoms with Crippen molar-refractivity contribution in [3.05, 3.63) is 58.3 Å². The van der Waals surface area contributed by atoms with E-state index in [9.17, 15) is 0 Å². The van der Waals surface area contributed by atoms with E-state index in [-0.39, 0.29) is 0 Å². The van der Waals surface area contributed by atoms with Gasteiger partial charge in [-0.1, -0.05) is 28.9 Å². The quantitative estimate of drug-likeness (QED) is 0.829. The van der Waals surface area contributed by atoms with E-state index >= 15 is 0 Å². The lowest BCUT2D eigenvalue weighted by Crippen LogP contribution is -2.33. The summed E-state index contributed by atoms with van der Waals surface area (Å²) in [5.41, 5.74) is 2.31. The molecule has 1 unspecified atom stereocenters. The summed E-state index contributed by atoms with van der Waals surface area (Å²) in [5.74, 6) is 0.933. The number of benzene rings is 1. The van der Waals surface area contributed by atoms with Crippen LogP contribution in [0.25, 0.3) is 0 Å². The average Bonchev–Trinajstić information content (AvgIpc) is 2.49. The molecule has 0 spiro atoms. The van der Waals surface area contributed by atoms with Crippen molar-refractivity contribution in [2.45, 2.75) is 25.8 Å². The van der Waals surface area contributed by atoms with E-state index in [1.807, 2.05) is 30.5 Å². The van der Waals surface area contributed by atoms with Gasteiger partial charge in [-0.25, -0.2) is 0 Å². The Hall–Kier alpha value is -1.39. The van der Waals surface area contributed by atoms with Crippen LogP contribution in [-0.2, 0) is 12.8 Å². The molecular weight excluding hydrogens is 328 g/mol. The number of nitrogens with zero attached hydrogens (tertiary/aromatic N) is 1. The van der Waals surface area contributed by atoms with Gasteiger partial charge in [0, 0.05) is 28.8 Å². The highest BCUT2D eigenvalue weighted by Crippen LogP contribution is 2.24. The number of hydrogen-bond donors (Lipinski definition) is 1. The van der Waals surface area contributed by atoms with E-state index in [4.69, 9.17) is 4.74 Å². The third-order valence-corrected chi connectivity index (χ3v) is 3.88. The Balaban J connectivity index is 2.14. The number of nitrogens with one attached hydrogen (secondary N) is 1. The van der Waals surface area contributed by atoms with Gasteiger partial charge in [-0.3, -0.25) is 4.98 Å².